The van der Waals surface area contributed by atoms with E-state index >= 15 is 0 Å². The summed E-state index contributed by atoms with van der Waals surface area (Å²) in [7, 11) is 1.41. The number of phenols is 1. The van der Waals surface area contributed by atoms with E-state index in [4.69, 9.17) is 9.47 Å². The highest BCUT2D eigenvalue weighted by molar-refractivity contribution is 9.10. The van der Waals surface area contributed by atoms with Crippen LogP contribution in [0.5, 0.6) is 11.5 Å². The lowest BCUT2D eigenvalue weighted by Crippen LogP contribution is -2.46. The SMILES string of the molecule is COc1cc(/C=C2/SC(=O)N(CC(=O)N3CCOCC3)C2=O)cc(Br)c1O. The van der Waals surface area contributed by atoms with Crippen molar-refractivity contribution in [2.24, 2.45) is 0 Å². The number of morpholine rings is 1. The molecule has 2 aliphatic heterocycles. The summed E-state index contributed by atoms with van der Waals surface area (Å²) in [4.78, 5) is 39.8. The van der Waals surface area contributed by atoms with Crippen molar-refractivity contribution in [2.45, 2.75) is 0 Å². The minimum Gasteiger partial charge on any atom is -0.503 e. The number of carbonyl (C=O) groups is 3. The van der Waals surface area contributed by atoms with Crippen LogP contribution in [-0.2, 0) is 14.3 Å². The smallest absolute Gasteiger partial charge is 0.294 e. The summed E-state index contributed by atoms with van der Waals surface area (Å²) < 4.78 is 10.7. The highest BCUT2D eigenvalue weighted by atomic mass is 79.9. The number of ether oxygens (including phenoxy) is 2. The molecule has 27 heavy (non-hydrogen) atoms. The Bertz CT molecular complexity index is 822. The van der Waals surface area contributed by atoms with E-state index in [0.29, 0.717) is 36.3 Å². The van der Waals surface area contributed by atoms with Crippen molar-refractivity contribution in [1.82, 2.24) is 9.80 Å². The third kappa shape index (κ3) is 4.28. The average Bonchev–Trinajstić information content (AvgIpc) is 2.92. The lowest BCUT2D eigenvalue weighted by atomic mass is 10.2. The molecular formula is C17H17BrN2O6S. The van der Waals surface area contributed by atoms with E-state index in [2.05, 4.69) is 15.9 Å². The minimum absolute atomic E-state index is 0.0566. The standard InChI is InChI=1S/C17H17BrN2O6S/c1-25-12-7-10(6-11(18)15(12)22)8-13-16(23)20(17(24)27-13)9-14(21)19-2-4-26-5-3-19/h6-8,22H,2-5,9H2,1H3/b13-8+. The number of benzene rings is 1. The van der Waals surface area contributed by atoms with Gasteiger partial charge in [-0.15, -0.1) is 0 Å². The highest BCUT2D eigenvalue weighted by Crippen LogP contribution is 2.38. The van der Waals surface area contributed by atoms with E-state index < -0.39 is 11.1 Å². The molecule has 1 aromatic rings. The molecule has 10 heteroatoms. The molecule has 2 aliphatic rings. The Morgan fingerprint density at radius 3 is 2.74 bits per heavy atom. The second kappa shape index (κ2) is 8.32. The second-order valence-electron chi connectivity index (χ2n) is 5.81. The summed E-state index contributed by atoms with van der Waals surface area (Å²) in [6.45, 7) is 1.51. The molecule has 144 valence electrons. The highest BCUT2D eigenvalue weighted by Gasteiger charge is 2.37. The Balaban J connectivity index is 1.76. The van der Waals surface area contributed by atoms with Crippen LogP contribution in [-0.4, -0.2) is 71.9 Å². The number of halogens is 1. The molecule has 2 fully saturated rings. The van der Waals surface area contributed by atoms with Crippen LogP contribution in [0.15, 0.2) is 21.5 Å². The maximum absolute atomic E-state index is 12.6. The molecule has 0 aromatic heterocycles. The number of amides is 3. The monoisotopic (exact) mass is 456 g/mol. The molecule has 0 bridgehead atoms. The molecule has 3 amide bonds. The predicted octanol–water partition coefficient (Wildman–Crippen LogP) is 2.06. The third-order valence-electron chi connectivity index (χ3n) is 4.10. The maximum Gasteiger partial charge on any atom is 0.294 e. The fourth-order valence-electron chi connectivity index (χ4n) is 2.67. The van der Waals surface area contributed by atoms with Crippen LogP contribution in [0.3, 0.4) is 0 Å². The number of aromatic hydroxyl groups is 1. The first-order chi connectivity index (χ1) is 12.9. The molecule has 0 radical (unpaired) electrons. The number of thioether (sulfide) groups is 1. The van der Waals surface area contributed by atoms with Gasteiger partial charge in [0.05, 0.1) is 29.7 Å². The molecule has 1 N–H and O–H groups in total. The molecule has 2 heterocycles. The van der Waals surface area contributed by atoms with Gasteiger partial charge in [-0.1, -0.05) is 0 Å². The van der Waals surface area contributed by atoms with Gasteiger partial charge >= 0.3 is 0 Å². The zero-order chi connectivity index (χ0) is 19.6. The number of methoxy groups -OCH3 is 1. The summed E-state index contributed by atoms with van der Waals surface area (Å²) in [5.74, 6) is -0.623. The van der Waals surface area contributed by atoms with Gasteiger partial charge in [-0.05, 0) is 51.5 Å². The van der Waals surface area contributed by atoms with Crippen LogP contribution in [0, 0.1) is 0 Å². The van der Waals surface area contributed by atoms with Crippen LogP contribution in [0.1, 0.15) is 5.56 Å². The number of hydrogen-bond acceptors (Lipinski definition) is 7. The number of hydrogen-bond donors (Lipinski definition) is 1. The molecule has 3 rings (SSSR count). The van der Waals surface area contributed by atoms with Crippen molar-refractivity contribution in [3.05, 3.63) is 27.1 Å². The number of phenolic OH excluding ortho intramolecular Hbond substituents is 1. The van der Waals surface area contributed by atoms with Gasteiger partial charge in [-0.2, -0.15) is 0 Å². The lowest BCUT2D eigenvalue weighted by Gasteiger charge is -2.28. The van der Waals surface area contributed by atoms with Gasteiger partial charge in [0.2, 0.25) is 5.91 Å². The molecule has 1 aromatic carbocycles. The molecule has 8 nitrogen and oxygen atoms in total. The van der Waals surface area contributed by atoms with Crippen molar-refractivity contribution in [3.8, 4) is 11.5 Å². The fourth-order valence-corrected chi connectivity index (χ4v) is 3.97. The Kier molecular flexibility index (Phi) is 6.08. The summed E-state index contributed by atoms with van der Waals surface area (Å²) in [6, 6.07) is 3.15. The summed E-state index contributed by atoms with van der Waals surface area (Å²) in [6.07, 6.45) is 1.52. The zero-order valence-corrected chi connectivity index (χ0v) is 16.8. The average molecular weight is 457 g/mol. The maximum atomic E-state index is 12.6. The van der Waals surface area contributed by atoms with E-state index in [1.54, 1.807) is 17.0 Å². The van der Waals surface area contributed by atoms with E-state index in [1.165, 1.54) is 13.2 Å². The number of imide groups is 1. The first-order valence-electron chi connectivity index (χ1n) is 8.08. The van der Waals surface area contributed by atoms with Crippen LogP contribution in [0.25, 0.3) is 6.08 Å². The largest absolute Gasteiger partial charge is 0.503 e. The first kappa shape index (κ1) is 19.7. The molecular weight excluding hydrogens is 440 g/mol. The lowest BCUT2D eigenvalue weighted by molar-refractivity contribution is -0.139. The molecule has 2 saturated heterocycles. The zero-order valence-electron chi connectivity index (χ0n) is 14.4. The predicted molar refractivity (Wildman–Crippen MR) is 102 cm³/mol. The van der Waals surface area contributed by atoms with Crippen molar-refractivity contribution >= 4 is 50.8 Å². The van der Waals surface area contributed by atoms with Crippen molar-refractivity contribution in [3.63, 3.8) is 0 Å². The number of nitrogens with zero attached hydrogens (tertiary/aromatic N) is 2. The number of carbonyl (C=O) groups excluding carboxylic acids is 3. The normalized spacial score (nSPS) is 19.1. The van der Waals surface area contributed by atoms with Gasteiger partial charge < -0.3 is 19.5 Å². The fraction of sp³-hybridized carbons (Fsp3) is 0.353. The molecule has 0 saturated carbocycles. The molecule has 0 spiro atoms. The van der Waals surface area contributed by atoms with Crippen LogP contribution < -0.4 is 4.74 Å². The van der Waals surface area contributed by atoms with Crippen molar-refractivity contribution < 1.29 is 29.0 Å². The van der Waals surface area contributed by atoms with Gasteiger partial charge in [-0.25, -0.2) is 0 Å². The molecule has 0 aliphatic carbocycles. The van der Waals surface area contributed by atoms with E-state index in [9.17, 15) is 19.5 Å². The van der Waals surface area contributed by atoms with Crippen LogP contribution >= 0.6 is 27.7 Å². The minimum atomic E-state index is -0.519. The van der Waals surface area contributed by atoms with Crippen LogP contribution in [0.4, 0.5) is 4.79 Å². The summed E-state index contributed by atoms with van der Waals surface area (Å²) >= 11 is 3.99. The van der Waals surface area contributed by atoms with Crippen LogP contribution in [0.2, 0.25) is 0 Å². The quantitative estimate of drug-likeness (QED) is 0.692. The summed E-state index contributed by atoms with van der Waals surface area (Å²) in [5, 5.41) is 9.38. The molecule has 0 atom stereocenters. The summed E-state index contributed by atoms with van der Waals surface area (Å²) in [5.41, 5.74) is 0.571. The van der Waals surface area contributed by atoms with Crippen molar-refractivity contribution in [1.29, 1.82) is 0 Å². The van der Waals surface area contributed by atoms with Gasteiger partial charge in [-0.3, -0.25) is 19.3 Å². The number of rotatable bonds is 4. The second-order valence-corrected chi connectivity index (χ2v) is 7.66. The van der Waals surface area contributed by atoms with Gasteiger partial charge in [0.1, 0.15) is 6.54 Å². The molecule has 0 unspecified atom stereocenters. The van der Waals surface area contributed by atoms with E-state index in [1.807, 2.05) is 0 Å². The Morgan fingerprint density at radius 2 is 2.07 bits per heavy atom. The first-order valence-corrected chi connectivity index (χ1v) is 9.69. The Labute approximate surface area is 168 Å². The van der Waals surface area contributed by atoms with Crippen molar-refractivity contribution in [2.75, 3.05) is 40.0 Å². The topological polar surface area (TPSA) is 96.4 Å². The Morgan fingerprint density at radius 1 is 1.37 bits per heavy atom. The van der Waals surface area contributed by atoms with Gasteiger partial charge in [0.15, 0.2) is 11.5 Å². The van der Waals surface area contributed by atoms with E-state index in [0.717, 1.165) is 16.7 Å². The third-order valence-corrected chi connectivity index (χ3v) is 5.61. The Hall–Kier alpha value is -2.04. The van der Waals surface area contributed by atoms with Gasteiger partial charge in [0, 0.05) is 13.1 Å². The van der Waals surface area contributed by atoms with E-state index in [-0.39, 0.29) is 28.9 Å². The van der Waals surface area contributed by atoms with Gasteiger partial charge in [0.25, 0.3) is 11.1 Å².